The highest BCUT2D eigenvalue weighted by molar-refractivity contribution is 5.85. The van der Waals surface area contributed by atoms with E-state index < -0.39 is 47.4 Å². The van der Waals surface area contributed by atoms with Crippen LogP contribution in [0.25, 0.3) is 0 Å². The van der Waals surface area contributed by atoms with Crippen LogP contribution in [0, 0.1) is 0 Å². The molecule has 1 unspecified atom stereocenters. The first-order valence-corrected chi connectivity index (χ1v) is 11.9. The Labute approximate surface area is 216 Å². The quantitative estimate of drug-likeness (QED) is 0.402. The maximum atomic E-state index is 13.1. The summed E-state index contributed by atoms with van der Waals surface area (Å²) in [6.07, 6.45) is -1.54. The molecule has 0 saturated carbocycles. The van der Waals surface area contributed by atoms with Crippen LogP contribution >= 0.6 is 0 Å². The van der Waals surface area contributed by atoms with Crippen LogP contribution in [-0.2, 0) is 36.8 Å². The van der Waals surface area contributed by atoms with Gasteiger partial charge in [0, 0.05) is 26.1 Å². The number of hydrogen-bond donors (Lipinski definition) is 2. The Morgan fingerprint density at radius 3 is 2.14 bits per heavy atom. The zero-order chi connectivity index (χ0) is 27.8. The van der Waals surface area contributed by atoms with Crippen LogP contribution in [0.2, 0.25) is 0 Å². The predicted molar refractivity (Wildman–Crippen MR) is 135 cm³/mol. The average molecular weight is 517 g/mol. The number of nitrogens with one attached hydrogen (secondary N) is 2. The Bertz CT molecular complexity index is 1080. The zero-order valence-corrected chi connectivity index (χ0v) is 22.4. The van der Waals surface area contributed by atoms with E-state index in [0.29, 0.717) is 5.69 Å². The lowest BCUT2D eigenvalue weighted by molar-refractivity contribution is -0.155. The van der Waals surface area contributed by atoms with Crippen LogP contribution in [0.3, 0.4) is 0 Å². The van der Waals surface area contributed by atoms with Gasteiger partial charge in [0.05, 0.1) is 11.7 Å². The summed E-state index contributed by atoms with van der Waals surface area (Å²) in [5.74, 6) is -1.33. The number of hydrogen-bond acceptors (Lipinski definition) is 8. The number of ether oxygens (including phenoxy) is 3. The monoisotopic (exact) mass is 516 g/mol. The van der Waals surface area contributed by atoms with Gasteiger partial charge in [0.2, 0.25) is 6.10 Å². The molecular weight excluding hydrogens is 480 g/mol. The number of nitrogens with zero attached hydrogens (tertiary/aromatic N) is 2. The van der Waals surface area contributed by atoms with Gasteiger partial charge >= 0.3 is 18.2 Å². The van der Waals surface area contributed by atoms with Crippen LogP contribution in [0.4, 0.5) is 9.59 Å². The Morgan fingerprint density at radius 2 is 1.57 bits per heavy atom. The van der Waals surface area contributed by atoms with Crippen LogP contribution < -0.4 is 10.6 Å². The molecule has 0 spiro atoms. The summed E-state index contributed by atoms with van der Waals surface area (Å²) in [4.78, 5) is 50.0. The number of carbonyl (C=O) groups excluding carboxylic acids is 4. The molecule has 2 aromatic rings. The van der Waals surface area contributed by atoms with Gasteiger partial charge < -0.3 is 24.8 Å². The molecule has 0 saturated heterocycles. The number of aromatic nitrogens is 2. The van der Waals surface area contributed by atoms with Gasteiger partial charge in [0.25, 0.3) is 5.91 Å². The fourth-order valence-electron chi connectivity index (χ4n) is 3.18. The van der Waals surface area contributed by atoms with Crippen molar-refractivity contribution in [3.63, 3.8) is 0 Å². The highest BCUT2D eigenvalue weighted by Crippen LogP contribution is 2.14. The fourth-order valence-corrected chi connectivity index (χ4v) is 3.18. The Kier molecular flexibility index (Phi) is 9.81. The first kappa shape index (κ1) is 29.3. The lowest BCUT2D eigenvalue weighted by Gasteiger charge is -2.28. The molecule has 0 aliphatic heterocycles. The van der Waals surface area contributed by atoms with E-state index in [1.54, 1.807) is 47.6 Å². The molecule has 1 heterocycles. The number of rotatable bonds is 8. The number of esters is 1. The lowest BCUT2D eigenvalue weighted by atomic mass is 10.0. The molecule has 202 valence electrons. The molecule has 2 N–H and O–H groups in total. The number of alkyl carbamates (subject to hydrolysis) is 1. The second-order valence-corrected chi connectivity index (χ2v) is 10.4. The zero-order valence-electron chi connectivity index (χ0n) is 22.4. The Morgan fingerprint density at radius 1 is 0.946 bits per heavy atom. The minimum absolute atomic E-state index is 0.0499. The van der Waals surface area contributed by atoms with E-state index in [1.807, 2.05) is 30.3 Å². The molecule has 0 radical (unpaired) electrons. The first-order chi connectivity index (χ1) is 17.1. The van der Waals surface area contributed by atoms with Crippen molar-refractivity contribution in [1.82, 2.24) is 20.4 Å². The molecule has 0 fully saturated rings. The van der Waals surface area contributed by atoms with Crippen LogP contribution in [0.5, 0.6) is 0 Å². The van der Waals surface area contributed by atoms with Gasteiger partial charge in [-0.2, -0.15) is 9.78 Å². The summed E-state index contributed by atoms with van der Waals surface area (Å²) in [6.45, 7) is 11.6. The van der Waals surface area contributed by atoms with Crippen LogP contribution in [0.1, 0.15) is 59.7 Å². The first-order valence-electron chi connectivity index (χ1n) is 11.9. The Balaban J connectivity index is 2.29. The standard InChI is InChI=1S/C26H36N4O7/c1-17(31)35-21(22(32)27-16-18-11-9-8-10-12-18)20(28-23(33)36-25(2,3)4)15-19-13-14-30(29-19)24(34)37-26(5,6)7/h8-14,20-21H,15-16H2,1-7H3,(H,27,32)(H,28,33)/t20-,21?/m0/s1. The van der Waals surface area contributed by atoms with Gasteiger partial charge in [-0.05, 0) is 53.2 Å². The van der Waals surface area contributed by atoms with Crippen molar-refractivity contribution in [2.75, 3.05) is 0 Å². The second-order valence-electron chi connectivity index (χ2n) is 10.4. The summed E-state index contributed by atoms with van der Waals surface area (Å²) in [5, 5.41) is 9.56. The molecule has 1 aromatic carbocycles. The van der Waals surface area contributed by atoms with Crippen LogP contribution in [-0.4, -0.2) is 57.2 Å². The van der Waals surface area contributed by atoms with Crippen molar-refractivity contribution in [3.8, 4) is 0 Å². The predicted octanol–water partition coefficient (Wildman–Crippen LogP) is 3.35. The third-order valence-electron chi connectivity index (χ3n) is 4.58. The highest BCUT2D eigenvalue weighted by atomic mass is 16.6. The molecule has 0 aliphatic rings. The third kappa shape index (κ3) is 10.7. The largest absolute Gasteiger partial charge is 0.450 e. The smallest absolute Gasteiger partial charge is 0.435 e. The third-order valence-corrected chi connectivity index (χ3v) is 4.58. The van der Waals surface area contributed by atoms with E-state index in [2.05, 4.69) is 15.7 Å². The maximum absolute atomic E-state index is 13.1. The SMILES string of the molecule is CC(=O)OC(C(=O)NCc1ccccc1)[C@H](Cc1ccn(C(=O)OC(C)(C)C)n1)NC(=O)OC(C)(C)C. The molecular formula is C26H36N4O7. The molecule has 2 rings (SSSR count). The van der Waals surface area contributed by atoms with Crippen molar-refractivity contribution < 1.29 is 33.4 Å². The topological polar surface area (TPSA) is 138 Å². The molecule has 1 aromatic heterocycles. The minimum atomic E-state index is -1.40. The van der Waals surface area contributed by atoms with Gasteiger partial charge in [-0.15, -0.1) is 0 Å². The van der Waals surface area contributed by atoms with Gasteiger partial charge in [-0.3, -0.25) is 9.59 Å². The van der Waals surface area contributed by atoms with Gasteiger partial charge in [-0.1, -0.05) is 30.3 Å². The van der Waals surface area contributed by atoms with Crippen molar-refractivity contribution in [1.29, 1.82) is 0 Å². The Hall–Kier alpha value is -3.89. The van der Waals surface area contributed by atoms with E-state index in [1.165, 1.54) is 13.1 Å². The van der Waals surface area contributed by atoms with Crippen molar-refractivity contribution in [2.24, 2.45) is 0 Å². The van der Waals surface area contributed by atoms with Gasteiger partial charge in [0.15, 0.2) is 0 Å². The number of amides is 2. The van der Waals surface area contributed by atoms with E-state index in [-0.39, 0.29) is 13.0 Å². The highest BCUT2D eigenvalue weighted by Gasteiger charge is 2.34. The number of carbonyl (C=O) groups is 4. The summed E-state index contributed by atoms with van der Waals surface area (Å²) in [5.41, 5.74) is -0.342. The molecule has 11 nitrogen and oxygen atoms in total. The maximum Gasteiger partial charge on any atom is 0.435 e. The molecule has 0 bridgehead atoms. The van der Waals surface area contributed by atoms with Crippen LogP contribution in [0.15, 0.2) is 42.6 Å². The molecule has 37 heavy (non-hydrogen) atoms. The molecule has 2 amide bonds. The fraction of sp³-hybridized carbons (Fsp3) is 0.500. The lowest BCUT2D eigenvalue weighted by Crippen LogP contribution is -2.54. The van der Waals surface area contributed by atoms with E-state index >= 15 is 0 Å². The normalized spacial score (nSPS) is 13.2. The van der Waals surface area contributed by atoms with E-state index in [9.17, 15) is 19.2 Å². The van der Waals surface area contributed by atoms with Crippen molar-refractivity contribution >= 4 is 24.1 Å². The summed E-state index contributed by atoms with van der Waals surface area (Å²) in [6, 6.07) is 9.67. The molecule has 2 atom stereocenters. The van der Waals surface area contributed by atoms with Gasteiger partial charge in [0.1, 0.15) is 11.2 Å². The van der Waals surface area contributed by atoms with Crippen molar-refractivity contribution in [3.05, 3.63) is 53.9 Å². The summed E-state index contributed by atoms with van der Waals surface area (Å²) >= 11 is 0. The molecule has 0 aliphatic carbocycles. The number of benzene rings is 1. The van der Waals surface area contributed by atoms with Gasteiger partial charge in [-0.25, -0.2) is 9.59 Å². The molecule has 11 heteroatoms. The van der Waals surface area contributed by atoms with E-state index in [4.69, 9.17) is 14.2 Å². The van der Waals surface area contributed by atoms with Crippen molar-refractivity contribution in [2.45, 2.75) is 84.8 Å². The summed E-state index contributed by atoms with van der Waals surface area (Å²) < 4.78 is 17.0. The summed E-state index contributed by atoms with van der Waals surface area (Å²) in [7, 11) is 0. The second kappa shape index (κ2) is 12.4. The van der Waals surface area contributed by atoms with E-state index in [0.717, 1.165) is 10.2 Å². The minimum Gasteiger partial charge on any atom is -0.450 e. The average Bonchev–Trinajstić information content (AvgIpc) is 3.22.